The van der Waals surface area contributed by atoms with Gasteiger partial charge in [-0.3, -0.25) is 4.79 Å². The van der Waals surface area contributed by atoms with Gasteiger partial charge in [0.2, 0.25) is 5.91 Å². The number of aliphatic carboxylic acids is 1. The lowest BCUT2D eigenvalue weighted by molar-refractivity contribution is -0.149. The summed E-state index contributed by atoms with van der Waals surface area (Å²) in [5, 5.41) is 9.39. The largest absolute Gasteiger partial charge is 0.497 e. The van der Waals surface area contributed by atoms with Crippen LogP contribution in [0.15, 0.2) is 48.5 Å². The second-order valence-electron chi connectivity index (χ2n) is 5.88. The average Bonchev–Trinajstić information content (AvgIpc) is 2.66. The number of carboxylic acids is 1. The molecule has 138 valence electrons. The van der Waals surface area contributed by atoms with Gasteiger partial charge in [-0.1, -0.05) is 30.3 Å². The Morgan fingerprint density at radius 2 is 1.77 bits per heavy atom. The van der Waals surface area contributed by atoms with E-state index in [2.05, 4.69) is 0 Å². The molecule has 1 atom stereocenters. The number of rotatable bonds is 8. The van der Waals surface area contributed by atoms with Crippen LogP contribution in [0.5, 0.6) is 11.5 Å². The number of benzene rings is 2. The smallest absolute Gasteiger partial charge is 0.326 e. The summed E-state index contributed by atoms with van der Waals surface area (Å²) in [6.07, 6.45) is 0.0187. The molecular formula is C20H23NO5. The van der Waals surface area contributed by atoms with Crippen molar-refractivity contribution in [1.29, 1.82) is 0 Å². The monoisotopic (exact) mass is 357 g/mol. The molecule has 2 aromatic carbocycles. The molecular weight excluding hydrogens is 334 g/mol. The van der Waals surface area contributed by atoms with Crippen molar-refractivity contribution in [2.24, 2.45) is 0 Å². The van der Waals surface area contributed by atoms with E-state index >= 15 is 0 Å². The lowest BCUT2D eigenvalue weighted by Gasteiger charge is -2.27. The fourth-order valence-electron chi connectivity index (χ4n) is 2.64. The Morgan fingerprint density at radius 3 is 2.35 bits per heavy atom. The number of ether oxygens (including phenoxy) is 2. The van der Waals surface area contributed by atoms with Crippen molar-refractivity contribution < 1.29 is 24.2 Å². The van der Waals surface area contributed by atoms with Gasteiger partial charge in [0.25, 0.3) is 0 Å². The minimum absolute atomic E-state index is 0.0187. The van der Waals surface area contributed by atoms with Crippen LogP contribution in [0.2, 0.25) is 0 Å². The van der Waals surface area contributed by atoms with E-state index in [1.165, 1.54) is 18.9 Å². The molecule has 0 aliphatic rings. The minimum Gasteiger partial charge on any atom is -0.497 e. The maximum Gasteiger partial charge on any atom is 0.326 e. The van der Waals surface area contributed by atoms with Gasteiger partial charge in [-0.15, -0.1) is 0 Å². The first-order valence-corrected chi connectivity index (χ1v) is 8.23. The number of methoxy groups -OCH3 is 2. The zero-order valence-corrected chi connectivity index (χ0v) is 15.1. The van der Waals surface area contributed by atoms with Gasteiger partial charge in [0.05, 0.1) is 20.6 Å². The Kier molecular flexibility index (Phi) is 6.60. The molecule has 0 aromatic heterocycles. The first-order chi connectivity index (χ1) is 12.5. The quantitative estimate of drug-likeness (QED) is 0.786. The van der Waals surface area contributed by atoms with Crippen LogP contribution >= 0.6 is 0 Å². The van der Waals surface area contributed by atoms with Crippen molar-refractivity contribution in [1.82, 2.24) is 4.90 Å². The first kappa shape index (κ1) is 19.3. The lowest BCUT2D eigenvalue weighted by Crippen LogP contribution is -2.43. The number of hydrogen-bond acceptors (Lipinski definition) is 4. The standard InChI is InChI=1S/C20H23NO5/c1-14(20(23)24)21(13-15-7-5-4-6-8-15)19(22)12-16-11-17(25-2)9-10-18(16)26-3/h4-11,14H,12-13H2,1-3H3,(H,23,24). The minimum atomic E-state index is -1.05. The predicted molar refractivity (Wildman–Crippen MR) is 97.3 cm³/mol. The zero-order chi connectivity index (χ0) is 19.1. The summed E-state index contributed by atoms with van der Waals surface area (Å²) < 4.78 is 10.5. The second kappa shape index (κ2) is 8.89. The maximum atomic E-state index is 12.9. The highest BCUT2D eigenvalue weighted by Crippen LogP contribution is 2.25. The zero-order valence-electron chi connectivity index (χ0n) is 15.1. The third-order valence-corrected chi connectivity index (χ3v) is 4.17. The van der Waals surface area contributed by atoms with E-state index in [9.17, 15) is 14.7 Å². The fourth-order valence-corrected chi connectivity index (χ4v) is 2.64. The SMILES string of the molecule is COc1ccc(OC)c(CC(=O)N(Cc2ccccc2)C(C)C(=O)O)c1. The molecule has 0 saturated carbocycles. The highest BCUT2D eigenvalue weighted by atomic mass is 16.5. The third-order valence-electron chi connectivity index (χ3n) is 4.17. The molecule has 0 aliphatic carbocycles. The van der Waals surface area contributed by atoms with Crippen molar-refractivity contribution in [3.63, 3.8) is 0 Å². The van der Waals surface area contributed by atoms with Gasteiger partial charge in [-0.2, -0.15) is 0 Å². The molecule has 0 aliphatic heterocycles. The summed E-state index contributed by atoms with van der Waals surface area (Å²) in [4.78, 5) is 25.7. The average molecular weight is 357 g/mol. The van der Waals surface area contributed by atoms with Gasteiger partial charge in [0.1, 0.15) is 17.5 Å². The Labute approximate surface area is 153 Å². The molecule has 0 heterocycles. The third kappa shape index (κ3) is 4.75. The van der Waals surface area contributed by atoms with Gasteiger partial charge < -0.3 is 19.5 Å². The van der Waals surface area contributed by atoms with Crippen LogP contribution in [0.3, 0.4) is 0 Å². The van der Waals surface area contributed by atoms with Crippen molar-refractivity contribution in [3.05, 3.63) is 59.7 Å². The molecule has 0 fully saturated rings. The molecule has 2 rings (SSSR count). The number of nitrogens with zero attached hydrogens (tertiary/aromatic N) is 1. The van der Waals surface area contributed by atoms with Crippen molar-refractivity contribution >= 4 is 11.9 Å². The van der Waals surface area contributed by atoms with Crippen molar-refractivity contribution in [3.8, 4) is 11.5 Å². The Morgan fingerprint density at radius 1 is 1.08 bits per heavy atom. The summed E-state index contributed by atoms with van der Waals surface area (Å²) in [7, 11) is 3.07. The van der Waals surface area contributed by atoms with Crippen molar-refractivity contribution in [2.45, 2.75) is 25.9 Å². The van der Waals surface area contributed by atoms with E-state index in [0.29, 0.717) is 17.1 Å². The van der Waals surface area contributed by atoms with Crippen LogP contribution in [0, 0.1) is 0 Å². The molecule has 1 N–H and O–H groups in total. The molecule has 1 unspecified atom stereocenters. The molecule has 0 bridgehead atoms. The Balaban J connectivity index is 2.27. The van der Waals surface area contributed by atoms with Crippen LogP contribution in [0.4, 0.5) is 0 Å². The summed E-state index contributed by atoms with van der Waals surface area (Å²) in [6, 6.07) is 13.6. The van der Waals surface area contributed by atoms with Crippen LogP contribution < -0.4 is 9.47 Å². The van der Waals surface area contributed by atoms with E-state index in [-0.39, 0.29) is 18.9 Å². The van der Waals surface area contributed by atoms with Gasteiger partial charge in [0.15, 0.2) is 0 Å². The second-order valence-corrected chi connectivity index (χ2v) is 5.88. The first-order valence-electron chi connectivity index (χ1n) is 8.23. The van der Waals surface area contributed by atoms with E-state index in [1.807, 2.05) is 30.3 Å². The summed E-state index contributed by atoms with van der Waals surface area (Å²) in [5.74, 6) is -0.182. The maximum absolute atomic E-state index is 12.9. The van der Waals surface area contributed by atoms with Crippen molar-refractivity contribution in [2.75, 3.05) is 14.2 Å². The number of carbonyl (C=O) groups excluding carboxylic acids is 1. The van der Waals surface area contributed by atoms with Crippen LogP contribution in [-0.2, 0) is 22.6 Å². The summed E-state index contributed by atoms with van der Waals surface area (Å²) >= 11 is 0. The highest BCUT2D eigenvalue weighted by Gasteiger charge is 2.26. The Bertz CT molecular complexity index is 760. The molecule has 0 radical (unpaired) electrons. The molecule has 2 aromatic rings. The van der Waals surface area contributed by atoms with Gasteiger partial charge in [-0.05, 0) is 30.7 Å². The van der Waals surface area contributed by atoms with Crippen LogP contribution in [0.1, 0.15) is 18.1 Å². The summed E-state index contributed by atoms with van der Waals surface area (Å²) in [5.41, 5.74) is 1.51. The molecule has 1 amide bonds. The molecule has 0 saturated heterocycles. The van der Waals surface area contributed by atoms with Gasteiger partial charge in [-0.25, -0.2) is 4.79 Å². The number of carbonyl (C=O) groups is 2. The van der Waals surface area contributed by atoms with Gasteiger partial charge in [0, 0.05) is 12.1 Å². The summed E-state index contributed by atoms with van der Waals surface area (Å²) in [6.45, 7) is 1.73. The van der Waals surface area contributed by atoms with E-state index in [0.717, 1.165) is 5.56 Å². The molecule has 26 heavy (non-hydrogen) atoms. The molecule has 0 spiro atoms. The Hall–Kier alpha value is -3.02. The van der Waals surface area contributed by atoms with E-state index < -0.39 is 12.0 Å². The topological polar surface area (TPSA) is 76.1 Å². The van der Waals surface area contributed by atoms with E-state index in [4.69, 9.17) is 9.47 Å². The predicted octanol–water partition coefficient (Wildman–Crippen LogP) is 2.75. The normalized spacial score (nSPS) is 11.5. The fraction of sp³-hybridized carbons (Fsp3) is 0.300. The van der Waals surface area contributed by atoms with Crippen LogP contribution in [-0.4, -0.2) is 42.1 Å². The number of carboxylic acid groups (broad SMARTS) is 1. The number of amides is 1. The molecule has 6 heteroatoms. The molecule has 6 nitrogen and oxygen atoms in total. The lowest BCUT2D eigenvalue weighted by atomic mass is 10.1. The number of hydrogen-bond donors (Lipinski definition) is 1. The van der Waals surface area contributed by atoms with Gasteiger partial charge >= 0.3 is 5.97 Å². The highest BCUT2D eigenvalue weighted by molar-refractivity contribution is 5.85. The van der Waals surface area contributed by atoms with Crippen LogP contribution in [0.25, 0.3) is 0 Å². The van der Waals surface area contributed by atoms with E-state index in [1.54, 1.807) is 25.3 Å².